The number of phenols is 1. The molecule has 3 fully saturated rings. The Bertz CT molecular complexity index is 1350. The molecule has 0 aliphatic heterocycles. The van der Waals surface area contributed by atoms with Crippen LogP contribution >= 0.6 is 0 Å². The van der Waals surface area contributed by atoms with Gasteiger partial charge in [0.25, 0.3) is 0 Å². The van der Waals surface area contributed by atoms with Gasteiger partial charge in [-0.1, -0.05) is 19.3 Å². The number of anilines is 1. The van der Waals surface area contributed by atoms with Crippen molar-refractivity contribution in [3.8, 4) is 5.75 Å². The van der Waals surface area contributed by atoms with E-state index in [2.05, 4.69) is 10.2 Å². The third-order valence-corrected chi connectivity index (χ3v) is 10.4. The number of carbonyl (C=O) groups is 5. The third kappa shape index (κ3) is 4.89. The largest absolute Gasteiger partial charge is 0.507 e. The SMILES string of the molecule is CCN(CC)c1c(CNC2CCCCC2)cc(O)c2c1C[C@H]1C[C@H]3[C@H](N(C)C)C(=O)C(C(N)=O)C(=O)[C@@]3(O)C(=O)C1C2=O. The molecule has 1 amide bonds. The number of primary amides is 1. The summed E-state index contributed by atoms with van der Waals surface area (Å²) in [7, 11) is 3.16. The fourth-order valence-corrected chi connectivity index (χ4v) is 8.36. The van der Waals surface area contributed by atoms with E-state index in [9.17, 15) is 34.2 Å². The highest BCUT2D eigenvalue weighted by Gasteiger charge is 2.69. The summed E-state index contributed by atoms with van der Waals surface area (Å²) in [6.45, 7) is 5.88. The van der Waals surface area contributed by atoms with Crippen LogP contribution in [-0.2, 0) is 32.1 Å². The zero-order valence-corrected chi connectivity index (χ0v) is 25.5. The first-order chi connectivity index (χ1) is 20.4. The van der Waals surface area contributed by atoms with Crippen LogP contribution in [0.5, 0.6) is 5.75 Å². The molecule has 234 valence electrons. The van der Waals surface area contributed by atoms with Crippen LogP contribution in [0.1, 0.15) is 73.9 Å². The summed E-state index contributed by atoms with van der Waals surface area (Å²) in [5, 5.41) is 26.7. The summed E-state index contributed by atoms with van der Waals surface area (Å²) in [6, 6.07) is 0.856. The summed E-state index contributed by atoms with van der Waals surface area (Å²) < 4.78 is 0. The van der Waals surface area contributed by atoms with Gasteiger partial charge in [0, 0.05) is 37.3 Å². The van der Waals surface area contributed by atoms with E-state index in [0.29, 0.717) is 31.2 Å². The van der Waals surface area contributed by atoms with E-state index < -0.39 is 64.4 Å². The van der Waals surface area contributed by atoms with Gasteiger partial charge in [0.2, 0.25) is 5.91 Å². The number of aliphatic hydroxyl groups is 1. The fourth-order valence-electron chi connectivity index (χ4n) is 8.36. The molecule has 5 N–H and O–H groups in total. The second-order valence-corrected chi connectivity index (χ2v) is 12.9. The van der Waals surface area contributed by atoms with Gasteiger partial charge >= 0.3 is 0 Å². The predicted octanol–water partition coefficient (Wildman–Crippen LogP) is 1.14. The first-order valence-corrected chi connectivity index (χ1v) is 15.6. The molecule has 1 aromatic carbocycles. The number of aromatic hydroxyl groups is 1. The second-order valence-electron chi connectivity index (χ2n) is 12.9. The molecule has 4 aliphatic rings. The van der Waals surface area contributed by atoms with E-state index in [-0.39, 0.29) is 24.2 Å². The highest BCUT2D eigenvalue weighted by Crippen LogP contribution is 2.52. The van der Waals surface area contributed by atoms with E-state index in [1.165, 1.54) is 24.2 Å². The van der Waals surface area contributed by atoms with Gasteiger partial charge in [0.1, 0.15) is 5.75 Å². The van der Waals surface area contributed by atoms with Crippen molar-refractivity contribution in [2.24, 2.45) is 29.4 Å². The molecule has 0 aromatic heterocycles. The Morgan fingerprint density at radius 2 is 1.72 bits per heavy atom. The Labute approximate surface area is 252 Å². The Morgan fingerprint density at radius 1 is 1.07 bits per heavy atom. The van der Waals surface area contributed by atoms with Gasteiger partial charge in [-0.2, -0.15) is 0 Å². The number of fused-ring (bicyclic) bond motifs is 3. The summed E-state index contributed by atoms with van der Waals surface area (Å²) in [6.07, 6.45) is 6.05. The first kappa shape index (κ1) is 31.3. The number of carbonyl (C=O) groups excluding carboxylic acids is 5. The molecule has 5 rings (SSSR count). The fraction of sp³-hybridized carbons (Fsp3) is 0.656. The zero-order valence-electron chi connectivity index (χ0n) is 25.5. The molecule has 11 nitrogen and oxygen atoms in total. The van der Waals surface area contributed by atoms with Crippen molar-refractivity contribution < 1.29 is 34.2 Å². The van der Waals surface area contributed by atoms with Crippen molar-refractivity contribution in [2.75, 3.05) is 32.1 Å². The van der Waals surface area contributed by atoms with Crippen LogP contribution in [0, 0.1) is 23.7 Å². The molecule has 3 saturated carbocycles. The maximum atomic E-state index is 14.2. The van der Waals surface area contributed by atoms with E-state index in [1.54, 1.807) is 20.2 Å². The van der Waals surface area contributed by atoms with Crippen molar-refractivity contribution in [1.29, 1.82) is 0 Å². The Kier molecular flexibility index (Phi) is 8.54. The van der Waals surface area contributed by atoms with E-state index in [0.717, 1.165) is 24.1 Å². The maximum Gasteiger partial charge on any atom is 0.235 e. The lowest BCUT2D eigenvalue weighted by molar-refractivity contribution is -0.181. The second kappa shape index (κ2) is 11.7. The van der Waals surface area contributed by atoms with Crippen molar-refractivity contribution in [3.05, 3.63) is 22.8 Å². The third-order valence-electron chi connectivity index (χ3n) is 10.4. The first-order valence-electron chi connectivity index (χ1n) is 15.6. The number of nitrogens with one attached hydrogen (secondary N) is 1. The van der Waals surface area contributed by atoms with Crippen LogP contribution in [0.3, 0.4) is 0 Å². The van der Waals surface area contributed by atoms with E-state index in [4.69, 9.17) is 5.73 Å². The van der Waals surface area contributed by atoms with Gasteiger partial charge in [0.15, 0.2) is 34.7 Å². The summed E-state index contributed by atoms with van der Waals surface area (Å²) in [5.74, 6) is -10.3. The van der Waals surface area contributed by atoms with Crippen LogP contribution in [0.15, 0.2) is 6.07 Å². The highest BCUT2D eigenvalue weighted by molar-refractivity contribution is 6.32. The molecule has 11 heteroatoms. The topological polar surface area (TPSA) is 170 Å². The Morgan fingerprint density at radius 3 is 2.30 bits per heavy atom. The molecular weight excluding hydrogens is 552 g/mol. The number of rotatable bonds is 8. The number of likely N-dealkylation sites (N-methyl/N-ethyl adjacent to an activating group) is 1. The molecular formula is C32H44N4O7. The number of phenolic OH excluding ortho intramolecular Hbond substituents is 1. The van der Waals surface area contributed by atoms with Crippen LogP contribution in [0.2, 0.25) is 0 Å². The standard InChI is InChI=1S/C32H44N4O7/c1-5-36(6-2)25-17(15-34-18-10-8-7-9-11-18)14-21(37)23-19(25)12-16-13-20-26(35(3)4)28(39)24(31(33)42)30(41)32(20,43)29(40)22(16)27(23)38/h14,16,18,20,22,24,26,34,37,43H,5-13,15H2,1-4H3,(H2,33,42)/t16-,20-,22?,24?,26-,32-/m0/s1. The number of ketones is 4. The molecule has 6 atom stereocenters. The van der Waals surface area contributed by atoms with Crippen LogP contribution in [0.4, 0.5) is 5.69 Å². The van der Waals surface area contributed by atoms with Crippen LogP contribution in [-0.4, -0.2) is 89.0 Å². The number of hydrogen-bond donors (Lipinski definition) is 4. The molecule has 0 radical (unpaired) electrons. The molecule has 4 aliphatic carbocycles. The molecule has 1 aromatic rings. The lowest BCUT2D eigenvalue weighted by Gasteiger charge is -2.52. The number of nitrogens with two attached hydrogens (primary N) is 1. The molecule has 2 unspecified atom stereocenters. The minimum Gasteiger partial charge on any atom is -0.507 e. The average molecular weight is 597 g/mol. The molecule has 0 heterocycles. The highest BCUT2D eigenvalue weighted by atomic mass is 16.3. The number of Topliss-reactive ketones (excluding diaryl/α,β-unsaturated/α-hetero) is 4. The zero-order chi connectivity index (χ0) is 31.4. The molecule has 0 saturated heterocycles. The van der Waals surface area contributed by atoms with Gasteiger partial charge in [-0.3, -0.25) is 28.9 Å². The Hall–Kier alpha value is -3.15. The van der Waals surface area contributed by atoms with E-state index in [1.807, 2.05) is 13.8 Å². The van der Waals surface area contributed by atoms with Gasteiger partial charge in [-0.25, -0.2) is 0 Å². The van der Waals surface area contributed by atoms with Crippen molar-refractivity contribution in [2.45, 2.75) is 83.0 Å². The number of benzene rings is 1. The number of hydrogen-bond acceptors (Lipinski definition) is 10. The number of amides is 1. The number of nitrogens with zero attached hydrogens (tertiary/aromatic N) is 2. The van der Waals surface area contributed by atoms with Gasteiger partial charge in [-0.05, 0) is 76.7 Å². The van der Waals surface area contributed by atoms with Crippen molar-refractivity contribution in [3.63, 3.8) is 0 Å². The smallest absolute Gasteiger partial charge is 0.235 e. The maximum absolute atomic E-state index is 14.2. The van der Waals surface area contributed by atoms with Crippen LogP contribution in [0.25, 0.3) is 0 Å². The molecule has 0 bridgehead atoms. The quantitative estimate of drug-likeness (QED) is 0.319. The van der Waals surface area contributed by atoms with Gasteiger partial charge < -0.3 is 26.2 Å². The minimum atomic E-state index is -2.72. The monoisotopic (exact) mass is 596 g/mol. The summed E-state index contributed by atoms with van der Waals surface area (Å²) >= 11 is 0. The summed E-state index contributed by atoms with van der Waals surface area (Å²) in [4.78, 5) is 71.0. The predicted molar refractivity (Wildman–Crippen MR) is 159 cm³/mol. The molecule has 0 spiro atoms. The normalized spacial score (nSPS) is 31.1. The van der Waals surface area contributed by atoms with Crippen molar-refractivity contribution in [1.82, 2.24) is 10.2 Å². The van der Waals surface area contributed by atoms with E-state index >= 15 is 0 Å². The lowest BCUT2D eigenvalue weighted by atomic mass is 9.52. The summed E-state index contributed by atoms with van der Waals surface area (Å²) in [5.41, 5.74) is 5.09. The van der Waals surface area contributed by atoms with Gasteiger partial charge in [-0.15, -0.1) is 0 Å². The lowest BCUT2D eigenvalue weighted by Crippen LogP contribution is -2.74. The Balaban J connectivity index is 1.60. The van der Waals surface area contributed by atoms with Crippen molar-refractivity contribution >= 4 is 34.7 Å². The van der Waals surface area contributed by atoms with Crippen LogP contribution < -0.4 is 16.0 Å². The van der Waals surface area contributed by atoms with Gasteiger partial charge in [0.05, 0.1) is 17.5 Å². The average Bonchev–Trinajstić information content (AvgIpc) is 2.95. The molecule has 43 heavy (non-hydrogen) atoms. The minimum absolute atomic E-state index is 0.0346.